The van der Waals surface area contributed by atoms with Crippen LogP contribution in [0.1, 0.15) is 40.0 Å². The Balaban J connectivity index is 2.38. The van der Waals surface area contributed by atoms with Crippen molar-refractivity contribution in [2.24, 2.45) is 11.3 Å². The van der Waals surface area contributed by atoms with E-state index >= 15 is 0 Å². The topological polar surface area (TPSA) is 9.23 Å². The Kier molecular flexibility index (Phi) is 4.98. The molecule has 0 bridgehead atoms. The fraction of sp³-hybridized carbons (Fsp3) is 0.867. The summed E-state index contributed by atoms with van der Waals surface area (Å²) < 4.78 is 6.52. The van der Waals surface area contributed by atoms with Crippen LogP contribution in [-0.4, -0.2) is 26.7 Å². The van der Waals surface area contributed by atoms with Crippen LogP contribution in [0.15, 0.2) is 12.2 Å². The molecule has 1 heterocycles. The van der Waals surface area contributed by atoms with Crippen LogP contribution in [0.4, 0.5) is 0 Å². The van der Waals surface area contributed by atoms with Gasteiger partial charge in [-0.25, -0.2) is 0 Å². The highest BCUT2D eigenvalue weighted by Gasteiger charge is 2.54. The second-order valence-corrected chi connectivity index (χ2v) is 9.59. The molecule has 1 aliphatic heterocycles. The van der Waals surface area contributed by atoms with E-state index in [9.17, 15) is 0 Å². The lowest BCUT2D eigenvalue weighted by Gasteiger charge is -2.53. The second-order valence-electron chi connectivity index (χ2n) is 6.73. The molecule has 110 valence electrons. The summed E-state index contributed by atoms with van der Waals surface area (Å²) in [7, 11) is 0. The predicted octanol–water partition coefficient (Wildman–Crippen LogP) is 5.45. The van der Waals surface area contributed by atoms with E-state index in [0.29, 0.717) is 15.6 Å². The van der Waals surface area contributed by atoms with Crippen molar-refractivity contribution < 1.29 is 4.74 Å². The summed E-state index contributed by atoms with van der Waals surface area (Å²) >= 11 is 11.3. The zero-order valence-electron chi connectivity index (χ0n) is 11.9. The number of alkyl halides is 3. The molecule has 4 heteroatoms. The van der Waals surface area contributed by atoms with Crippen molar-refractivity contribution >= 4 is 47.8 Å². The number of ether oxygens (including phenoxy) is 1. The van der Waals surface area contributed by atoms with Gasteiger partial charge in [0.15, 0.2) is 0 Å². The maximum absolute atomic E-state index is 6.52. The van der Waals surface area contributed by atoms with E-state index in [1.165, 1.54) is 12.0 Å². The van der Waals surface area contributed by atoms with Gasteiger partial charge in [0.25, 0.3) is 0 Å². The first kappa shape index (κ1) is 16.5. The molecule has 1 nitrogen and oxygen atoms in total. The minimum Gasteiger partial charge on any atom is -0.366 e. The second kappa shape index (κ2) is 5.73. The molecule has 1 saturated heterocycles. The first-order chi connectivity index (χ1) is 8.72. The van der Waals surface area contributed by atoms with Crippen LogP contribution < -0.4 is 0 Å². The van der Waals surface area contributed by atoms with Crippen LogP contribution in [0.5, 0.6) is 0 Å². The lowest BCUT2D eigenvalue weighted by Crippen LogP contribution is -2.53. The molecule has 0 N–H and O–H groups in total. The van der Waals surface area contributed by atoms with Crippen LogP contribution in [-0.2, 0) is 4.74 Å². The van der Waals surface area contributed by atoms with Crippen molar-refractivity contribution in [1.82, 2.24) is 0 Å². The Labute approximate surface area is 142 Å². The lowest BCUT2D eigenvalue weighted by atomic mass is 9.60. The number of fused-ring (bicyclic) bond motifs is 1. The van der Waals surface area contributed by atoms with E-state index in [1.54, 1.807) is 0 Å². The summed E-state index contributed by atoms with van der Waals surface area (Å²) in [6.07, 6.45) is 3.51. The van der Waals surface area contributed by atoms with Gasteiger partial charge in [0.2, 0.25) is 0 Å². The molecule has 2 rings (SSSR count). The Bertz CT molecular complexity index is 368. The van der Waals surface area contributed by atoms with Crippen molar-refractivity contribution in [2.75, 3.05) is 5.33 Å². The summed E-state index contributed by atoms with van der Waals surface area (Å²) in [5.74, 6) is 0.531. The molecule has 0 unspecified atom stereocenters. The summed E-state index contributed by atoms with van der Waals surface area (Å²) in [4.78, 5) is 0.911. The third-order valence-corrected chi connectivity index (χ3v) is 8.33. The minimum atomic E-state index is -0.0440. The van der Waals surface area contributed by atoms with Gasteiger partial charge in [-0.3, -0.25) is 0 Å². The third kappa shape index (κ3) is 2.89. The van der Waals surface area contributed by atoms with Crippen molar-refractivity contribution in [1.29, 1.82) is 0 Å². The van der Waals surface area contributed by atoms with E-state index < -0.39 is 0 Å². The zero-order valence-corrected chi connectivity index (χ0v) is 16.6. The number of hydrogen-bond donors (Lipinski definition) is 0. The average Bonchev–Trinajstić information content (AvgIpc) is 2.45. The first-order valence-corrected chi connectivity index (χ1v) is 9.88. The van der Waals surface area contributed by atoms with E-state index in [-0.39, 0.29) is 17.1 Å². The number of halogens is 3. The van der Waals surface area contributed by atoms with Gasteiger partial charge in [-0.15, -0.1) is 0 Å². The van der Waals surface area contributed by atoms with Gasteiger partial charge in [0.05, 0.1) is 11.7 Å². The minimum absolute atomic E-state index is 0.0440. The Hall–Kier alpha value is 1.14. The monoisotopic (exact) mass is 456 g/mol. The van der Waals surface area contributed by atoms with Gasteiger partial charge < -0.3 is 4.74 Å². The van der Waals surface area contributed by atoms with Gasteiger partial charge in [0.1, 0.15) is 0 Å². The Morgan fingerprint density at radius 2 is 1.95 bits per heavy atom. The van der Waals surface area contributed by atoms with Crippen molar-refractivity contribution in [3.8, 4) is 0 Å². The molecule has 0 spiro atoms. The summed E-state index contributed by atoms with van der Waals surface area (Å²) in [6, 6.07) is 0. The number of rotatable bonds is 1. The Morgan fingerprint density at radius 1 is 1.32 bits per heavy atom. The molecule has 2 aliphatic rings. The fourth-order valence-corrected chi connectivity index (χ4v) is 5.51. The van der Waals surface area contributed by atoms with E-state index in [0.717, 1.165) is 18.2 Å². The maximum Gasteiger partial charge on any atom is 0.0897 e. The molecule has 1 aliphatic carbocycles. The maximum atomic E-state index is 6.52. The van der Waals surface area contributed by atoms with Crippen LogP contribution in [0, 0.1) is 11.3 Å². The van der Waals surface area contributed by atoms with Crippen LogP contribution in [0.2, 0.25) is 0 Å². The van der Waals surface area contributed by atoms with E-state index in [2.05, 4.69) is 75.1 Å². The number of hydrogen-bond acceptors (Lipinski definition) is 1. The van der Waals surface area contributed by atoms with Crippen LogP contribution in [0.25, 0.3) is 0 Å². The molecule has 19 heavy (non-hydrogen) atoms. The predicted molar refractivity (Wildman–Crippen MR) is 92.8 cm³/mol. The quantitative estimate of drug-likeness (QED) is 0.375. The van der Waals surface area contributed by atoms with Gasteiger partial charge in [-0.2, -0.15) is 0 Å². The summed E-state index contributed by atoms with van der Waals surface area (Å²) in [5, 5.41) is 0.828. The fourth-order valence-electron chi connectivity index (χ4n) is 3.75. The van der Waals surface area contributed by atoms with Gasteiger partial charge >= 0.3 is 0 Å². The molecule has 0 aromatic heterocycles. The standard InChI is InChI=1S/C15H23Br3O/c1-9-10(17)7-12-14(2,3)13(18)5-6-15(12,4)19-11(9)8-16/h10-13H,1,5-8H2,2-4H3/t10-,11+,12+,13+,15+/m1/s1. The molecular weight excluding hydrogens is 436 g/mol. The SMILES string of the molecule is C=C1[C@H](Br)C[C@H]2C(C)(C)[C@@H](Br)CC[C@]2(C)O[C@H]1CBr. The molecule has 0 amide bonds. The Morgan fingerprint density at radius 3 is 2.53 bits per heavy atom. The highest BCUT2D eigenvalue weighted by molar-refractivity contribution is 9.10. The highest BCUT2D eigenvalue weighted by Crippen LogP contribution is 2.55. The van der Waals surface area contributed by atoms with Crippen molar-refractivity contribution in [3.05, 3.63) is 12.2 Å². The molecule has 0 radical (unpaired) electrons. The molecule has 2 fully saturated rings. The average molecular weight is 459 g/mol. The van der Waals surface area contributed by atoms with Gasteiger partial charge in [-0.05, 0) is 43.1 Å². The molecular formula is C15H23Br3O. The largest absolute Gasteiger partial charge is 0.366 e. The normalized spacial score (nSPS) is 46.5. The van der Waals surface area contributed by atoms with Crippen molar-refractivity contribution in [2.45, 2.75) is 61.4 Å². The summed E-state index contributed by atoms with van der Waals surface area (Å²) in [5.41, 5.74) is 1.37. The van der Waals surface area contributed by atoms with Crippen LogP contribution in [0.3, 0.4) is 0 Å². The third-order valence-electron chi connectivity index (χ3n) is 5.15. The smallest absolute Gasteiger partial charge is 0.0897 e. The molecule has 1 saturated carbocycles. The lowest BCUT2D eigenvalue weighted by molar-refractivity contribution is -0.141. The molecule has 0 aromatic rings. The first-order valence-electron chi connectivity index (χ1n) is 6.93. The molecule has 5 atom stereocenters. The zero-order chi connectivity index (χ0) is 14.4. The van der Waals surface area contributed by atoms with Gasteiger partial charge in [0, 0.05) is 15.0 Å². The summed E-state index contributed by atoms with van der Waals surface area (Å²) in [6.45, 7) is 11.3. The van der Waals surface area contributed by atoms with E-state index in [1.807, 2.05) is 0 Å². The van der Waals surface area contributed by atoms with E-state index in [4.69, 9.17) is 4.74 Å². The van der Waals surface area contributed by atoms with Gasteiger partial charge in [-0.1, -0.05) is 68.2 Å². The van der Waals surface area contributed by atoms with Crippen molar-refractivity contribution in [3.63, 3.8) is 0 Å². The molecule has 0 aromatic carbocycles. The van der Waals surface area contributed by atoms with Crippen LogP contribution >= 0.6 is 47.8 Å². The highest BCUT2D eigenvalue weighted by atomic mass is 79.9.